The van der Waals surface area contributed by atoms with Gasteiger partial charge in [-0.05, 0) is 35.4 Å². The Bertz CT molecular complexity index is 773. The number of para-hydroxylation sites is 1. The van der Waals surface area contributed by atoms with Crippen LogP contribution in [0.1, 0.15) is 18.1 Å². The van der Waals surface area contributed by atoms with E-state index in [-0.39, 0.29) is 18.3 Å². The highest BCUT2D eigenvalue weighted by molar-refractivity contribution is 5.91. The Hall–Kier alpha value is -3.02. The van der Waals surface area contributed by atoms with Crippen LogP contribution in [0.3, 0.4) is 0 Å². The van der Waals surface area contributed by atoms with E-state index in [1.165, 1.54) is 21.1 Å². The van der Waals surface area contributed by atoms with Crippen molar-refractivity contribution in [3.8, 4) is 11.5 Å². The molecule has 6 nitrogen and oxygen atoms in total. The predicted molar refractivity (Wildman–Crippen MR) is 98.6 cm³/mol. The Morgan fingerprint density at radius 2 is 1.50 bits per heavy atom. The van der Waals surface area contributed by atoms with Crippen LogP contribution in [-0.4, -0.2) is 33.2 Å². The highest BCUT2D eigenvalue weighted by atomic mass is 16.5. The number of esters is 1. The van der Waals surface area contributed by atoms with Crippen LogP contribution in [0.25, 0.3) is 0 Å². The number of carbonyl (C=O) groups excluding carboxylic acids is 2. The molecule has 0 spiro atoms. The molecule has 0 bridgehead atoms. The molecule has 2 rings (SSSR count). The third-order valence-electron chi connectivity index (χ3n) is 4.04. The van der Waals surface area contributed by atoms with E-state index in [1.807, 2.05) is 30.3 Å². The number of benzene rings is 2. The molecule has 0 aromatic heterocycles. The number of rotatable bonds is 7. The Morgan fingerprint density at radius 1 is 0.923 bits per heavy atom. The lowest BCUT2D eigenvalue weighted by atomic mass is 10.0. The van der Waals surface area contributed by atoms with Crippen molar-refractivity contribution < 1.29 is 23.8 Å². The third-order valence-corrected chi connectivity index (χ3v) is 4.04. The van der Waals surface area contributed by atoms with E-state index in [2.05, 4.69) is 0 Å². The summed E-state index contributed by atoms with van der Waals surface area (Å²) >= 11 is 0. The van der Waals surface area contributed by atoms with Gasteiger partial charge in [0.2, 0.25) is 5.91 Å². The molecule has 0 N–H and O–H groups in total. The number of ether oxygens (including phenoxy) is 3. The molecule has 2 aromatic carbocycles. The molecular formula is C20H23NO5. The Balaban J connectivity index is 2.47. The van der Waals surface area contributed by atoms with Crippen molar-refractivity contribution in [1.82, 2.24) is 0 Å². The first-order valence-corrected chi connectivity index (χ1v) is 8.13. The van der Waals surface area contributed by atoms with Crippen LogP contribution in [-0.2, 0) is 27.3 Å². The molecule has 0 radical (unpaired) electrons. The van der Waals surface area contributed by atoms with Gasteiger partial charge in [-0.25, -0.2) is 0 Å². The van der Waals surface area contributed by atoms with E-state index >= 15 is 0 Å². The number of hydrogen-bond acceptors (Lipinski definition) is 5. The first kappa shape index (κ1) is 19.3. The molecule has 6 heteroatoms. The first-order chi connectivity index (χ1) is 12.5. The van der Waals surface area contributed by atoms with Crippen molar-refractivity contribution in [2.75, 3.05) is 26.2 Å². The van der Waals surface area contributed by atoms with E-state index in [0.717, 1.165) is 16.8 Å². The number of carbonyl (C=O) groups is 2. The fraction of sp³-hybridized carbons (Fsp3) is 0.300. The maximum absolute atomic E-state index is 12.2. The zero-order chi connectivity index (χ0) is 19.1. The highest BCUT2D eigenvalue weighted by Gasteiger charge is 2.19. The summed E-state index contributed by atoms with van der Waals surface area (Å²) in [7, 11) is 4.42. The lowest BCUT2D eigenvalue weighted by Crippen LogP contribution is -2.28. The molecule has 0 aliphatic rings. The van der Waals surface area contributed by atoms with Gasteiger partial charge in [-0.15, -0.1) is 0 Å². The van der Waals surface area contributed by atoms with E-state index in [1.54, 1.807) is 24.1 Å². The van der Waals surface area contributed by atoms with E-state index in [9.17, 15) is 9.59 Å². The zero-order valence-corrected chi connectivity index (χ0v) is 15.4. The molecule has 0 aliphatic carbocycles. The van der Waals surface area contributed by atoms with Crippen molar-refractivity contribution in [2.45, 2.75) is 19.9 Å². The van der Waals surface area contributed by atoms with Gasteiger partial charge in [0.25, 0.3) is 0 Å². The second-order valence-corrected chi connectivity index (χ2v) is 5.67. The quantitative estimate of drug-likeness (QED) is 0.713. The van der Waals surface area contributed by atoms with E-state index < -0.39 is 0 Å². The molecule has 0 aliphatic heterocycles. The lowest BCUT2D eigenvalue weighted by molar-refractivity contribution is -0.139. The summed E-state index contributed by atoms with van der Waals surface area (Å²) in [6.45, 7) is 1.81. The van der Waals surface area contributed by atoms with Crippen LogP contribution in [0.15, 0.2) is 42.5 Å². The molecule has 138 valence electrons. The normalized spacial score (nSPS) is 10.2. The Morgan fingerprint density at radius 3 is 2.00 bits per heavy atom. The molecule has 0 saturated heterocycles. The molecule has 0 saturated carbocycles. The molecule has 0 fully saturated rings. The molecule has 2 aromatic rings. The average molecular weight is 357 g/mol. The van der Waals surface area contributed by atoms with Crippen molar-refractivity contribution in [3.63, 3.8) is 0 Å². The Kier molecular flexibility index (Phi) is 6.60. The van der Waals surface area contributed by atoms with Gasteiger partial charge in [-0.3, -0.25) is 9.59 Å². The maximum Gasteiger partial charge on any atom is 0.309 e. The van der Waals surface area contributed by atoms with Gasteiger partial charge >= 0.3 is 5.97 Å². The second kappa shape index (κ2) is 8.89. The summed E-state index contributed by atoms with van der Waals surface area (Å²) in [5, 5.41) is 0. The molecule has 0 heterocycles. The molecular weight excluding hydrogens is 334 g/mol. The smallest absolute Gasteiger partial charge is 0.309 e. The van der Waals surface area contributed by atoms with Crippen LogP contribution in [0.2, 0.25) is 0 Å². The zero-order valence-electron chi connectivity index (χ0n) is 15.4. The standard InChI is InChI=1S/C20H23NO5/c1-14(22)21(17-8-6-5-7-9-17)13-16-11-19(25-3)18(24-2)10-15(16)12-20(23)26-4/h5-11H,12-13H2,1-4H3. The topological polar surface area (TPSA) is 65.1 Å². The van der Waals surface area contributed by atoms with Gasteiger partial charge in [0.1, 0.15) is 0 Å². The van der Waals surface area contributed by atoms with Crippen molar-refractivity contribution in [2.24, 2.45) is 0 Å². The first-order valence-electron chi connectivity index (χ1n) is 8.13. The summed E-state index contributed by atoms with van der Waals surface area (Å²) < 4.78 is 15.5. The van der Waals surface area contributed by atoms with Crippen LogP contribution in [0.5, 0.6) is 11.5 Å². The van der Waals surface area contributed by atoms with Crippen molar-refractivity contribution >= 4 is 17.6 Å². The second-order valence-electron chi connectivity index (χ2n) is 5.67. The van der Waals surface area contributed by atoms with Crippen LogP contribution >= 0.6 is 0 Å². The number of anilines is 1. The third kappa shape index (κ3) is 4.53. The number of methoxy groups -OCH3 is 3. The van der Waals surface area contributed by atoms with Gasteiger partial charge in [0, 0.05) is 12.6 Å². The van der Waals surface area contributed by atoms with Gasteiger partial charge in [0.05, 0.1) is 34.3 Å². The summed E-state index contributed by atoms with van der Waals surface area (Å²) in [6.07, 6.45) is 0.0761. The fourth-order valence-electron chi connectivity index (χ4n) is 2.67. The van der Waals surface area contributed by atoms with E-state index in [0.29, 0.717) is 18.0 Å². The maximum atomic E-state index is 12.2. The summed E-state index contributed by atoms with van der Waals surface area (Å²) in [5.74, 6) is 0.583. The lowest BCUT2D eigenvalue weighted by Gasteiger charge is -2.23. The summed E-state index contributed by atoms with van der Waals surface area (Å²) in [5.41, 5.74) is 2.28. The molecule has 1 amide bonds. The number of amides is 1. The summed E-state index contributed by atoms with van der Waals surface area (Å²) in [6, 6.07) is 12.9. The largest absolute Gasteiger partial charge is 0.493 e. The number of nitrogens with zero attached hydrogens (tertiary/aromatic N) is 1. The van der Waals surface area contributed by atoms with Gasteiger partial charge in [-0.2, -0.15) is 0 Å². The monoisotopic (exact) mass is 357 g/mol. The van der Waals surface area contributed by atoms with Gasteiger partial charge in [-0.1, -0.05) is 18.2 Å². The van der Waals surface area contributed by atoms with Crippen LogP contribution < -0.4 is 14.4 Å². The average Bonchev–Trinajstić information content (AvgIpc) is 2.66. The van der Waals surface area contributed by atoms with E-state index in [4.69, 9.17) is 14.2 Å². The van der Waals surface area contributed by atoms with Crippen molar-refractivity contribution in [3.05, 3.63) is 53.6 Å². The highest BCUT2D eigenvalue weighted by Crippen LogP contribution is 2.32. The molecule has 0 unspecified atom stereocenters. The minimum atomic E-state index is -0.368. The van der Waals surface area contributed by atoms with Crippen LogP contribution in [0, 0.1) is 0 Å². The molecule has 0 atom stereocenters. The molecule has 26 heavy (non-hydrogen) atoms. The van der Waals surface area contributed by atoms with Crippen molar-refractivity contribution in [1.29, 1.82) is 0 Å². The SMILES string of the molecule is COC(=O)Cc1cc(OC)c(OC)cc1CN(C(C)=O)c1ccccc1. The minimum Gasteiger partial charge on any atom is -0.493 e. The van der Waals surface area contributed by atoms with Crippen LogP contribution in [0.4, 0.5) is 5.69 Å². The summed E-state index contributed by atoms with van der Waals surface area (Å²) in [4.78, 5) is 25.6. The van der Waals surface area contributed by atoms with Gasteiger partial charge in [0.15, 0.2) is 11.5 Å². The predicted octanol–water partition coefficient (Wildman–Crippen LogP) is 2.97. The number of hydrogen-bond donors (Lipinski definition) is 0. The Labute approximate surface area is 153 Å². The minimum absolute atomic E-state index is 0.0761. The fourth-order valence-corrected chi connectivity index (χ4v) is 2.67. The van der Waals surface area contributed by atoms with Gasteiger partial charge < -0.3 is 19.1 Å².